The van der Waals surface area contributed by atoms with Crippen molar-refractivity contribution in [3.63, 3.8) is 0 Å². The SMILES string of the molecule is Brc1ccc(C2CN3CCCC3c3ccc(OCCCN4CCCCC4)cc32)cc1. The lowest BCUT2D eigenvalue weighted by Gasteiger charge is -2.37. The molecule has 0 aliphatic carbocycles. The maximum absolute atomic E-state index is 6.23. The highest BCUT2D eigenvalue weighted by atomic mass is 79.9. The third-order valence-corrected chi connectivity index (χ3v) is 7.71. The van der Waals surface area contributed by atoms with Crippen molar-refractivity contribution in [3.05, 3.63) is 63.6 Å². The maximum atomic E-state index is 6.23. The third-order valence-electron chi connectivity index (χ3n) is 7.18. The van der Waals surface area contributed by atoms with Crippen LogP contribution in [0.3, 0.4) is 0 Å². The van der Waals surface area contributed by atoms with E-state index < -0.39 is 0 Å². The van der Waals surface area contributed by atoms with Gasteiger partial charge in [-0.2, -0.15) is 0 Å². The quantitative estimate of drug-likeness (QED) is 0.484. The summed E-state index contributed by atoms with van der Waals surface area (Å²) in [6.07, 6.45) is 7.84. The van der Waals surface area contributed by atoms with E-state index in [-0.39, 0.29) is 0 Å². The number of rotatable bonds is 6. The second kappa shape index (κ2) is 9.42. The van der Waals surface area contributed by atoms with E-state index in [2.05, 4.69) is 68.2 Å². The average molecular weight is 469 g/mol. The molecule has 30 heavy (non-hydrogen) atoms. The molecule has 0 aromatic heterocycles. The predicted octanol–water partition coefficient (Wildman–Crippen LogP) is 5.99. The summed E-state index contributed by atoms with van der Waals surface area (Å²) in [6, 6.07) is 16.4. The summed E-state index contributed by atoms with van der Waals surface area (Å²) in [5.74, 6) is 1.47. The lowest BCUT2D eigenvalue weighted by Crippen LogP contribution is -2.34. The van der Waals surface area contributed by atoms with Gasteiger partial charge in [-0.25, -0.2) is 0 Å². The largest absolute Gasteiger partial charge is 0.494 e. The second-order valence-corrected chi connectivity index (χ2v) is 10.1. The summed E-state index contributed by atoms with van der Waals surface area (Å²) in [7, 11) is 0. The second-order valence-electron chi connectivity index (χ2n) is 9.15. The molecule has 0 N–H and O–H groups in total. The van der Waals surface area contributed by atoms with Gasteiger partial charge >= 0.3 is 0 Å². The maximum Gasteiger partial charge on any atom is 0.119 e. The Morgan fingerprint density at radius 2 is 1.73 bits per heavy atom. The molecule has 2 unspecified atom stereocenters. The van der Waals surface area contributed by atoms with Gasteiger partial charge in [0, 0.05) is 29.5 Å². The first kappa shape index (κ1) is 20.5. The van der Waals surface area contributed by atoms with E-state index >= 15 is 0 Å². The fourth-order valence-corrected chi connectivity index (χ4v) is 5.88. The number of ether oxygens (including phenoxy) is 1. The molecule has 0 bridgehead atoms. The number of piperidine rings is 1. The van der Waals surface area contributed by atoms with Crippen LogP contribution in [0, 0.1) is 0 Å². The number of likely N-dealkylation sites (tertiary alicyclic amines) is 1. The zero-order chi connectivity index (χ0) is 20.3. The topological polar surface area (TPSA) is 15.7 Å². The zero-order valence-electron chi connectivity index (χ0n) is 17.9. The van der Waals surface area contributed by atoms with Gasteiger partial charge in [0.15, 0.2) is 0 Å². The van der Waals surface area contributed by atoms with Crippen LogP contribution in [0.1, 0.15) is 67.2 Å². The van der Waals surface area contributed by atoms with Crippen molar-refractivity contribution in [2.24, 2.45) is 0 Å². The summed E-state index contributed by atoms with van der Waals surface area (Å²) in [4.78, 5) is 5.28. The van der Waals surface area contributed by atoms with Crippen molar-refractivity contribution < 1.29 is 4.74 Å². The van der Waals surface area contributed by atoms with Crippen molar-refractivity contribution >= 4 is 15.9 Å². The highest BCUT2D eigenvalue weighted by molar-refractivity contribution is 9.10. The van der Waals surface area contributed by atoms with Gasteiger partial charge in [0.25, 0.3) is 0 Å². The molecule has 0 radical (unpaired) electrons. The van der Waals surface area contributed by atoms with Gasteiger partial charge in [0.2, 0.25) is 0 Å². The van der Waals surface area contributed by atoms with Crippen LogP contribution < -0.4 is 4.74 Å². The first-order valence-electron chi connectivity index (χ1n) is 11.8. The minimum absolute atomic E-state index is 0.430. The Kier molecular flexibility index (Phi) is 6.45. The van der Waals surface area contributed by atoms with E-state index in [0.29, 0.717) is 12.0 Å². The number of nitrogens with zero attached hydrogens (tertiary/aromatic N) is 2. The summed E-state index contributed by atoms with van der Waals surface area (Å²) in [6.45, 7) is 6.87. The van der Waals surface area contributed by atoms with Crippen molar-refractivity contribution in [3.8, 4) is 5.75 Å². The summed E-state index contributed by atoms with van der Waals surface area (Å²) in [5, 5.41) is 0. The van der Waals surface area contributed by atoms with E-state index in [1.54, 1.807) is 0 Å². The minimum Gasteiger partial charge on any atom is -0.494 e. The molecular formula is C26H33BrN2O. The highest BCUT2D eigenvalue weighted by Gasteiger charge is 2.36. The molecule has 2 saturated heterocycles. The lowest BCUT2D eigenvalue weighted by atomic mass is 9.81. The van der Waals surface area contributed by atoms with Crippen LogP contribution in [0.4, 0.5) is 0 Å². The van der Waals surface area contributed by atoms with Gasteiger partial charge in [-0.1, -0.05) is 40.5 Å². The van der Waals surface area contributed by atoms with Crippen LogP contribution in [0.5, 0.6) is 5.75 Å². The van der Waals surface area contributed by atoms with Crippen LogP contribution in [0.2, 0.25) is 0 Å². The number of hydrogen-bond acceptors (Lipinski definition) is 3. The average Bonchev–Trinajstić information content (AvgIpc) is 3.26. The molecule has 2 fully saturated rings. The molecule has 3 heterocycles. The number of halogens is 1. The number of benzene rings is 2. The number of hydrogen-bond donors (Lipinski definition) is 0. The van der Waals surface area contributed by atoms with Crippen molar-refractivity contribution in [1.29, 1.82) is 0 Å². The molecule has 160 valence electrons. The zero-order valence-corrected chi connectivity index (χ0v) is 19.4. The van der Waals surface area contributed by atoms with Crippen LogP contribution in [0.15, 0.2) is 46.9 Å². The van der Waals surface area contributed by atoms with Crippen molar-refractivity contribution in [2.45, 2.75) is 50.5 Å². The minimum atomic E-state index is 0.430. The monoisotopic (exact) mass is 468 g/mol. The molecule has 3 aliphatic heterocycles. The molecule has 0 saturated carbocycles. The molecule has 0 spiro atoms. The van der Waals surface area contributed by atoms with E-state index in [9.17, 15) is 0 Å². The van der Waals surface area contributed by atoms with Gasteiger partial charge in [-0.3, -0.25) is 4.90 Å². The molecule has 2 aromatic carbocycles. The van der Waals surface area contributed by atoms with Crippen LogP contribution >= 0.6 is 15.9 Å². The van der Waals surface area contributed by atoms with Gasteiger partial charge in [-0.05, 0) is 92.7 Å². The molecule has 4 heteroatoms. The van der Waals surface area contributed by atoms with E-state index in [1.807, 2.05) is 0 Å². The first-order chi connectivity index (χ1) is 14.8. The Labute approximate surface area is 189 Å². The van der Waals surface area contributed by atoms with E-state index in [1.165, 1.54) is 75.0 Å². The van der Waals surface area contributed by atoms with Crippen molar-refractivity contribution in [2.75, 3.05) is 39.3 Å². The highest BCUT2D eigenvalue weighted by Crippen LogP contribution is 2.45. The Bertz CT molecular complexity index is 847. The normalized spacial score (nSPS) is 24.4. The summed E-state index contributed by atoms with van der Waals surface area (Å²) < 4.78 is 7.38. The Morgan fingerprint density at radius 1 is 0.900 bits per heavy atom. The molecule has 5 rings (SSSR count). The first-order valence-corrected chi connectivity index (χ1v) is 12.6. The van der Waals surface area contributed by atoms with Crippen LogP contribution in [-0.2, 0) is 0 Å². The molecule has 3 aliphatic rings. The Hall–Kier alpha value is -1.36. The Balaban J connectivity index is 1.31. The van der Waals surface area contributed by atoms with Crippen molar-refractivity contribution in [1.82, 2.24) is 9.80 Å². The van der Waals surface area contributed by atoms with Gasteiger partial charge in [0.1, 0.15) is 5.75 Å². The lowest BCUT2D eigenvalue weighted by molar-refractivity contribution is 0.204. The molecular weight excluding hydrogens is 436 g/mol. The van der Waals surface area contributed by atoms with Gasteiger partial charge in [-0.15, -0.1) is 0 Å². The van der Waals surface area contributed by atoms with Crippen LogP contribution in [-0.4, -0.2) is 49.1 Å². The third kappa shape index (κ3) is 4.46. The summed E-state index contributed by atoms with van der Waals surface area (Å²) in [5.41, 5.74) is 4.41. The summed E-state index contributed by atoms with van der Waals surface area (Å²) >= 11 is 3.59. The van der Waals surface area contributed by atoms with Gasteiger partial charge in [0.05, 0.1) is 6.61 Å². The van der Waals surface area contributed by atoms with Gasteiger partial charge < -0.3 is 9.64 Å². The fourth-order valence-electron chi connectivity index (χ4n) is 5.62. The van der Waals surface area contributed by atoms with E-state index in [0.717, 1.165) is 29.8 Å². The molecule has 2 aromatic rings. The smallest absolute Gasteiger partial charge is 0.119 e. The molecule has 0 amide bonds. The fraction of sp³-hybridized carbons (Fsp3) is 0.538. The van der Waals surface area contributed by atoms with Crippen LogP contribution in [0.25, 0.3) is 0 Å². The standard InChI is InChI=1S/C26H33BrN2O/c27-21-9-7-20(8-10-21)25-19-29-16-4-6-26(29)23-12-11-22(18-24(23)25)30-17-5-15-28-13-2-1-3-14-28/h7-12,18,25-26H,1-6,13-17,19H2. The van der Waals surface area contributed by atoms with E-state index in [4.69, 9.17) is 4.74 Å². The number of fused-ring (bicyclic) bond motifs is 3. The molecule has 2 atom stereocenters. The Morgan fingerprint density at radius 3 is 2.57 bits per heavy atom. The predicted molar refractivity (Wildman–Crippen MR) is 126 cm³/mol. The molecule has 3 nitrogen and oxygen atoms in total.